The number of aromatic nitrogens is 5. The summed E-state index contributed by atoms with van der Waals surface area (Å²) in [6, 6.07) is 5.39. The molecule has 0 aromatic carbocycles. The normalized spacial score (nSPS) is 11.0. The third-order valence-electron chi connectivity index (χ3n) is 3.61. The fourth-order valence-corrected chi connectivity index (χ4v) is 2.56. The van der Waals surface area contributed by atoms with Gasteiger partial charge in [-0.2, -0.15) is 0 Å². The molecule has 2 N–H and O–H groups in total. The van der Waals surface area contributed by atoms with E-state index in [9.17, 15) is 9.90 Å². The van der Waals surface area contributed by atoms with Gasteiger partial charge < -0.3 is 10.4 Å². The number of rotatable bonds is 3. The predicted octanol–water partition coefficient (Wildman–Crippen LogP) is 2.42. The molecule has 4 rings (SSSR count). The number of carbonyl (C=O) groups is 1. The predicted molar refractivity (Wildman–Crippen MR) is 87.5 cm³/mol. The number of aromatic carboxylic acids is 1. The summed E-state index contributed by atoms with van der Waals surface area (Å²) in [6.07, 6.45) is 6.24. The van der Waals surface area contributed by atoms with Crippen molar-refractivity contribution in [3.05, 3.63) is 54.4 Å². The van der Waals surface area contributed by atoms with Gasteiger partial charge in [0, 0.05) is 30.0 Å². The molecule has 0 aliphatic heterocycles. The lowest BCUT2D eigenvalue weighted by atomic mass is 10.3. The van der Waals surface area contributed by atoms with Crippen LogP contribution in [0, 0.1) is 6.92 Å². The zero-order valence-corrected chi connectivity index (χ0v) is 12.6. The van der Waals surface area contributed by atoms with Crippen LogP contribution in [0.25, 0.3) is 16.6 Å². The molecule has 0 atom stereocenters. The molecule has 4 heterocycles. The fraction of sp³-hybridized carbons (Fsp3) is 0.0625. The van der Waals surface area contributed by atoms with Gasteiger partial charge in [-0.1, -0.05) is 0 Å². The summed E-state index contributed by atoms with van der Waals surface area (Å²) < 4.78 is 1.47. The van der Waals surface area contributed by atoms with Crippen LogP contribution >= 0.6 is 0 Å². The van der Waals surface area contributed by atoms with Crippen LogP contribution in [0.4, 0.5) is 11.6 Å². The average molecular weight is 320 g/mol. The number of carboxylic acid groups (broad SMARTS) is 1. The van der Waals surface area contributed by atoms with Gasteiger partial charge >= 0.3 is 5.97 Å². The van der Waals surface area contributed by atoms with Gasteiger partial charge in [0.15, 0.2) is 11.3 Å². The molecule has 0 saturated heterocycles. The highest BCUT2D eigenvalue weighted by Gasteiger charge is 2.17. The third kappa shape index (κ3) is 2.21. The zero-order valence-electron chi connectivity index (χ0n) is 12.6. The van der Waals surface area contributed by atoms with E-state index in [2.05, 4.69) is 25.3 Å². The summed E-state index contributed by atoms with van der Waals surface area (Å²) in [5, 5.41) is 13.3. The highest BCUT2D eigenvalue weighted by atomic mass is 16.4. The second-order valence-electron chi connectivity index (χ2n) is 5.25. The minimum Gasteiger partial charge on any atom is -0.477 e. The molecule has 0 radical (unpaired) electrons. The molecular formula is C16H12N6O2. The number of aryl methyl sites for hydroxylation is 1. The number of pyridine rings is 2. The second kappa shape index (κ2) is 5.27. The highest BCUT2D eigenvalue weighted by molar-refractivity contribution is 5.95. The summed E-state index contributed by atoms with van der Waals surface area (Å²) in [7, 11) is 0. The number of fused-ring (bicyclic) bond motifs is 3. The Bertz CT molecular complexity index is 1090. The van der Waals surface area contributed by atoms with Crippen molar-refractivity contribution in [3.63, 3.8) is 0 Å². The van der Waals surface area contributed by atoms with Crippen LogP contribution in [-0.2, 0) is 0 Å². The molecular weight excluding hydrogens is 308 g/mol. The molecule has 4 aromatic rings. The molecule has 4 aromatic heterocycles. The molecule has 0 aliphatic rings. The number of nitrogens with one attached hydrogen (secondary N) is 1. The Balaban J connectivity index is 2.00. The van der Waals surface area contributed by atoms with Crippen molar-refractivity contribution in [1.82, 2.24) is 24.3 Å². The number of nitrogens with zero attached hydrogens (tertiary/aromatic N) is 5. The lowest BCUT2D eigenvalue weighted by molar-refractivity contribution is 0.0689. The Hall–Kier alpha value is -3.55. The molecule has 0 saturated carbocycles. The Kier molecular flexibility index (Phi) is 3.09. The number of hydrogen-bond donors (Lipinski definition) is 2. The van der Waals surface area contributed by atoms with E-state index in [0.717, 1.165) is 11.4 Å². The first kappa shape index (κ1) is 14.1. The van der Waals surface area contributed by atoms with Crippen LogP contribution < -0.4 is 5.32 Å². The van der Waals surface area contributed by atoms with Crippen molar-refractivity contribution in [3.8, 4) is 0 Å². The second-order valence-corrected chi connectivity index (χ2v) is 5.25. The quantitative estimate of drug-likeness (QED) is 0.597. The van der Waals surface area contributed by atoms with E-state index in [1.54, 1.807) is 30.7 Å². The van der Waals surface area contributed by atoms with E-state index >= 15 is 0 Å². The Morgan fingerprint density at radius 1 is 1.21 bits per heavy atom. The minimum atomic E-state index is -1.08. The number of hydrogen-bond acceptors (Lipinski definition) is 6. The van der Waals surface area contributed by atoms with Crippen LogP contribution in [0.5, 0.6) is 0 Å². The molecule has 0 fully saturated rings. The van der Waals surface area contributed by atoms with Crippen LogP contribution in [-0.4, -0.2) is 35.4 Å². The standard InChI is InChI=1S/C16H12N6O2/c1-9-6-10(2-5-18-9)20-16-21-12-3-4-17-7-11(12)14-19-8-13(15(23)24)22(14)16/h2-8H,1H3,(H,23,24)(H,18,20,21). The first-order chi connectivity index (χ1) is 11.6. The van der Waals surface area contributed by atoms with Crippen molar-refractivity contribution in [2.45, 2.75) is 6.92 Å². The molecule has 8 heteroatoms. The van der Waals surface area contributed by atoms with Gasteiger partial charge in [0.05, 0.1) is 17.1 Å². The maximum absolute atomic E-state index is 11.5. The topological polar surface area (TPSA) is 105 Å². The summed E-state index contributed by atoms with van der Waals surface area (Å²) in [5.74, 6) is -0.717. The highest BCUT2D eigenvalue weighted by Crippen LogP contribution is 2.24. The molecule has 24 heavy (non-hydrogen) atoms. The summed E-state index contributed by atoms with van der Waals surface area (Å²) in [4.78, 5) is 28.5. The van der Waals surface area contributed by atoms with Gasteiger partial charge in [-0.15, -0.1) is 0 Å². The lowest BCUT2D eigenvalue weighted by Crippen LogP contribution is -2.08. The van der Waals surface area contributed by atoms with Crippen molar-refractivity contribution >= 4 is 34.2 Å². The van der Waals surface area contributed by atoms with Crippen molar-refractivity contribution in [2.75, 3.05) is 5.32 Å². The fourth-order valence-electron chi connectivity index (χ4n) is 2.56. The van der Waals surface area contributed by atoms with Crippen LogP contribution in [0.2, 0.25) is 0 Å². The minimum absolute atomic E-state index is 0.0246. The van der Waals surface area contributed by atoms with E-state index in [1.807, 2.05) is 13.0 Å². The molecule has 118 valence electrons. The van der Waals surface area contributed by atoms with E-state index in [0.29, 0.717) is 22.5 Å². The summed E-state index contributed by atoms with van der Waals surface area (Å²) >= 11 is 0. The van der Waals surface area contributed by atoms with E-state index in [1.165, 1.54) is 10.6 Å². The smallest absolute Gasteiger partial charge is 0.354 e. The molecule has 8 nitrogen and oxygen atoms in total. The van der Waals surface area contributed by atoms with E-state index < -0.39 is 5.97 Å². The van der Waals surface area contributed by atoms with Crippen molar-refractivity contribution in [2.24, 2.45) is 0 Å². The van der Waals surface area contributed by atoms with E-state index in [-0.39, 0.29) is 5.69 Å². The molecule has 0 spiro atoms. The van der Waals surface area contributed by atoms with Gasteiger partial charge in [-0.25, -0.2) is 14.8 Å². The van der Waals surface area contributed by atoms with Crippen molar-refractivity contribution < 1.29 is 9.90 Å². The number of imidazole rings is 1. The first-order valence-corrected chi connectivity index (χ1v) is 7.17. The maximum Gasteiger partial charge on any atom is 0.354 e. The average Bonchev–Trinajstić information content (AvgIpc) is 3.01. The van der Waals surface area contributed by atoms with Gasteiger partial charge in [-0.3, -0.25) is 14.4 Å². The zero-order chi connectivity index (χ0) is 16.7. The lowest BCUT2D eigenvalue weighted by Gasteiger charge is -2.11. The SMILES string of the molecule is Cc1cc(Nc2nc3ccncc3c3ncc(C(=O)O)n23)ccn1. The number of carboxylic acids is 1. The summed E-state index contributed by atoms with van der Waals surface area (Å²) in [5.41, 5.74) is 2.78. The number of anilines is 2. The Labute approximate surface area is 135 Å². The first-order valence-electron chi connectivity index (χ1n) is 7.17. The molecule has 0 amide bonds. The van der Waals surface area contributed by atoms with Gasteiger partial charge in [0.25, 0.3) is 0 Å². The van der Waals surface area contributed by atoms with E-state index in [4.69, 9.17) is 0 Å². The van der Waals surface area contributed by atoms with Crippen molar-refractivity contribution in [1.29, 1.82) is 0 Å². The molecule has 0 aliphatic carbocycles. The van der Waals surface area contributed by atoms with Gasteiger partial charge in [0.2, 0.25) is 5.95 Å². The third-order valence-corrected chi connectivity index (χ3v) is 3.61. The van der Waals surface area contributed by atoms with Gasteiger partial charge in [0.1, 0.15) is 0 Å². The largest absolute Gasteiger partial charge is 0.477 e. The Morgan fingerprint density at radius 2 is 2.08 bits per heavy atom. The van der Waals surface area contributed by atoms with Crippen LogP contribution in [0.15, 0.2) is 43.0 Å². The molecule has 0 unspecified atom stereocenters. The van der Waals surface area contributed by atoms with Crippen LogP contribution in [0.3, 0.4) is 0 Å². The maximum atomic E-state index is 11.5. The Morgan fingerprint density at radius 3 is 2.88 bits per heavy atom. The summed E-state index contributed by atoms with van der Waals surface area (Å²) in [6.45, 7) is 1.88. The van der Waals surface area contributed by atoms with Crippen LogP contribution in [0.1, 0.15) is 16.2 Å². The van der Waals surface area contributed by atoms with Gasteiger partial charge in [-0.05, 0) is 25.1 Å². The molecule has 0 bridgehead atoms. The monoisotopic (exact) mass is 320 g/mol.